The molecule has 1 aromatic heterocycles. The van der Waals surface area contributed by atoms with Crippen LogP contribution in [0.1, 0.15) is 34.4 Å². The molecule has 7 nitrogen and oxygen atoms in total. The number of hydrogen-bond acceptors (Lipinski definition) is 5. The van der Waals surface area contributed by atoms with Crippen LogP contribution < -0.4 is 15.4 Å². The minimum Gasteiger partial charge on any atom is -0.508 e. The van der Waals surface area contributed by atoms with Gasteiger partial charge in [0.1, 0.15) is 22.9 Å². The van der Waals surface area contributed by atoms with Crippen molar-refractivity contribution in [1.29, 1.82) is 0 Å². The largest absolute Gasteiger partial charge is 0.508 e. The summed E-state index contributed by atoms with van der Waals surface area (Å²) >= 11 is 0. The number of carbonyl (C=O) groups excluding carboxylic acids is 1. The SMILES string of the molecule is COc1ccc([C@@H]2C[C@H](C(F)(F)F)n3ncc(C(=O)Nc4cccc(O)c4)c3N2)cc1. The molecule has 1 aliphatic heterocycles. The Hall–Kier alpha value is -3.69. The van der Waals surface area contributed by atoms with E-state index in [0.29, 0.717) is 17.0 Å². The number of nitrogens with zero attached hydrogens (tertiary/aromatic N) is 2. The van der Waals surface area contributed by atoms with Gasteiger partial charge in [0.05, 0.1) is 19.3 Å². The van der Waals surface area contributed by atoms with Crippen molar-refractivity contribution in [3.8, 4) is 11.5 Å². The van der Waals surface area contributed by atoms with Crippen LogP contribution in [0.15, 0.2) is 54.7 Å². The van der Waals surface area contributed by atoms with E-state index >= 15 is 0 Å². The number of nitrogens with one attached hydrogen (secondary N) is 2. The number of anilines is 2. The Bertz CT molecular complexity index is 1100. The summed E-state index contributed by atoms with van der Waals surface area (Å²) in [6, 6.07) is 9.99. The van der Waals surface area contributed by atoms with Crippen molar-refractivity contribution in [2.75, 3.05) is 17.7 Å². The second-order valence-corrected chi connectivity index (χ2v) is 7.12. The second-order valence-electron chi connectivity index (χ2n) is 7.12. The molecule has 0 bridgehead atoms. The van der Waals surface area contributed by atoms with Gasteiger partial charge in [-0.3, -0.25) is 4.79 Å². The van der Waals surface area contributed by atoms with E-state index < -0.39 is 24.2 Å². The number of phenols is 1. The molecule has 4 rings (SSSR count). The molecule has 0 fully saturated rings. The van der Waals surface area contributed by atoms with Crippen molar-refractivity contribution in [2.24, 2.45) is 0 Å². The summed E-state index contributed by atoms with van der Waals surface area (Å²) in [6.07, 6.45) is -3.72. The summed E-state index contributed by atoms with van der Waals surface area (Å²) in [5.41, 5.74) is 0.900. The minimum atomic E-state index is -4.55. The second kappa shape index (κ2) is 7.86. The highest BCUT2D eigenvalue weighted by atomic mass is 19.4. The van der Waals surface area contributed by atoms with Crippen LogP contribution in [0.3, 0.4) is 0 Å². The molecule has 0 saturated carbocycles. The zero-order chi connectivity index (χ0) is 22.2. The van der Waals surface area contributed by atoms with Crippen LogP contribution in [0.4, 0.5) is 24.7 Å². The van der Waals surface area contributed by atoms with Gasteiger partial charge in [0.15, 0.2) is 6.04 Å². The zero-order valence-corrected chi connectivity index (χ0v) is 16.3. The number of ether oxygens (including phenoxy) is 1. The van der Waals surface area contributed by atoms with Crippen molar-refractivity contribution >= 4 is 17.4 Å². The molecule has 0 aliphatic carbocycles. The van der Waals surface area contributed by atoms with Gasteiger partial charge in [-0.05, 0) is 29.8 Å². The first-order valence-corrected chi connectivity index (χ1v) is 9.41. The van der Waals surface area contributed by atoms with Gasteiger partial charge in [-0.2, -0.15) is 18.3 Å². The van der Waals surface area contributed by atoms with E-state index in [0.717, 1.165) is 10.9 Å². The smallest absolute Gasteiger partial charge is 0.410 e. The summed E-state index contributed by atoms with van der Waals surface area (Å²) in [7, 11) is 1.50. The Morgan fingerprint density at radius 3 is 2.65 bits per heavy atom. The van der Waals surface area contributed by atoms with Crippen molar-refractivity contribution < 1.29 is 27.8 Å². The lowest BCUT2D eigenvalue weighted by molar-refractivity contribution is -0.173. The van der Waals surface area contributed by atoms with Crippen LogP contribution in [0.2, 0.25) is 0 Å². The number of aromatic nitrogens is 2. The summed E-state index contributed by atoms with van der Waals surface area (Å²) in [5.74, 6) is -0.129. The number of aromatic hydroxyl groups is 1. The topological polar surface area (TPSA) is 88.4 Å². The molecule has 1 amide bonds. The standard InChI is InChI=1S/C21H19F3N4O3/c1-31-15-7-5-12(6-8-15)17-10-18(21(22,23)24)28-19(27-17)16(11-25-28)20(30)26-13-3-2-4-14(29)9-13/h2-9,11,17-18,27,29H,10H2,1H3,(H,26,30)/t17-,18+/m0/s1. The molecule has 10 heteroatoms. The van der Waals surface area contributed by atoms with E-state index in [4.69, 9.17) is 4.74 Å². The predicted molar refractivity (Wildman–Crippen MR) is 107 cm³/mol. The average molecular weight is 432 g/mol. The van der Waals surface area contributed by atoms with E-state index in [-0.39, 0.29) is 23.6 Å². The molecule has 2 atom stereocenters. The first-order chi connectivity index (χ1) is 14.8. The van der Waals surface area contributed by atoms with Crippen LogP contribution in [-0.4, -0.2) is 34.1 Å². The Kier molecular flexibility index (Phi) is 5.22. The monoisotopic (exact) mass is 432 g/mol. The molecular weight excluding hydrogens is 413 g/mol. The summed E-state index contributed by atoms with van der Waals surface area (Å²) < 4.78 is 47.3. The van der Waals surface area contributed by atoms with Crippen LogP contribution >= 0.6 is 0 Å². The van der Waals surface area contributed by atoms with Gasteiger partial charge >= 0.3 is 6.18 Å². The first-order valence-electron chi connectivity index (χ1n) is 9.41. The quantitative estimate of drug-likeness (QED) is 0.565. The summed E-state index contributed by atoms with van der Waals surface area (Å²) in [5, 5.41) is 19.0. The van der Waals surface area contributed by atoms with Crippen LogP contribution in [-0.2, 0) is 0 Å². The fraction of sp³-hybridized carbons (Fsp3) is 0.238. The Morgan fingerprint density at radius 2 is 2.00 bits per heavy atom. The average Bonchev–Trinajstić information content (AvgIpc) is 3.16. The van der Waals surface area contributed by atoms with Gasteiger partial charge in [0.2, 0.25) is 0 Å². The van der Waals surface area contributed by atoms with Gasteiger partial charge in [-0.25, -0.2) is 4.68 Å². The van der Waals surface area contributed by atoms with Crippen LogP contribution in [0.25, 0.3) is 0 Å². The third-order valence-corrected chi connectivity index (χ3v) is 5.11. The number of halogens is 3. The maximum absolute atomic E-state index is 13.8. The minimum absolute atomic E-state index is 0.0213. The molecule has 31 heavy (non-hydrogen) atoms. The lowest BCUT2D eigenvalue weighted by atomic mass is 9.96. The van der Waals surface area contributed by atoms with Crippen molar-refractivity contribution in [3.05, 3.63) is 65.9 Å². The fourth-order valence-corrected chi connectivity index (χ4v) is 3.57. The summed E-state index contributed by atoms with van der Waals surface area (Å²) in [6.45, 7) is 0. The van der Waals surface area contributed by atoms with Crippen LogP contribution in [0.5, 0.6) is 11.5 Å². The molecule has 2 aromatic carbocycles. The maximum Gasteiger partial charge on any atom is 0.410 e. The molecule has 2 heterocycles. The Morgan fingerprint density at radius 1 is 1.26 bits per heavy atom. The molecule has 3 N–H and O–H groups in total. The molecule has 3 aromatic rings. The number of alkyl halides is 3. The lowest BCUT2D eigenvalue weighted by Gasteiger charge is -2.34. The van der Waals surface area contributed by atoms with E-state index in [1.54, 1.807) is 30.3 Å². The van der Waals surface area contributed by atoms with Crippen molar-refractivity contribution in [1.82, 2.24) is 9.78 Å². The van der Waals surface area contributed by atoms with E-state index in [1.807, 2.05) is 0 Å². The molecule has 0 spiro atoms. The molecule has 0 unspecified atom stereocenters. The third-order valence-electron chi connectivity index (χ3n) is 5.11. The predicted octanol–water partition coefficient (Wildman–Crippen LogP) is 4.51. The molecule has 162 valence electrons. The normalized spacial score (nSPS) is 18.1. The first kappa shape index (κ1) is 20.6. The fourth-order valence-electron chi connectivity index (χ4n) is 3.57. The van der Waals surface area contributed by atoms with E-state index in [2.05, 4.69) is 15.7 Å². The molecular formula is C21H19F3N4O3. The number of fused-ring (bicyclic) bond motifs is 1. The number of amides is 1. The van der Waals surface area contributed by atoms with Crippen molar-refractivity contribution in [3.63, 3.8) is 0 Å². The zero-order valence-electron chi connectivity index (χ0n) is 16.3. The third kappa shape index (κ3) is 4.14. The van der Waals surface area contributed by atoms with E-state index in [9.17, 15) is 23.1 Å². The highest BCUT2D eigenvalue weighted by Crippen LogP contribution is 2.44. The van der Waals surface area contributed by atoms with Crippen LogP contribution in [0, 0.1) is 0 Å². The van der Waals surface area contributed by atoms with Gasteiger partial charge in [0.25, 0.3) is 5.91 Å². The maximum atomic E-state index is 13.8. The Labute approximate surface area is 175 Å². The van der Waals surface area contributed by atoms with E-state index in [1.165, 1.54) is 25.3 Å². The highest BCUT2D eigenvalue weighted by molar-refractivity contribution is 6.07. The molecule has 1 aliphatic rings. The number of hydrogen-bond donors (Lipinski definition) is 3. The highest BCUT2D eigenvalue weighted by Gasteiger charge is 2.47. The van der Waals surface area contributed by atoms with Crippen molar-refractivity contribution in [2.45, 2.75) is 24.7 Å². The van der Waals surface area contributed by atoms with Gasteiger partial charge in [-0.15, -0.1) is 0 Å². The lowest BCUT2D eigenvalue weighted by Crippen LogP contribution is -2.36. The molecule has 0 saturated heterocycles. The van der Waals surface area contributed by atoms with Gasteiger partial charge < -0.3 is 20.5 Å². The number of benzene rings is 2. The number of carbonyl (C=O) groups is 1. The van der Waals surface area contributed by atoms with Gasteiger partial charge in [0, 0.05) is 18.2 Å². The number of methoxy groups -OCH3 is 1. The summed E-state index contributed by atoms with van der Waals surface area (Å²) in [4.78, 5) is 12.8. The number of phenolic OH excluding ortho intramolecular Hbond substituents is 1. The Balaban J connectivity index is 1.67. The van der Waals surface area contributed by atoms with Gasteiger partial charge in [-0.1, -0.05) is 18.2 Å². The number of rotatable bonds is 4. The molecule has 0 radical (unpaired) electrons.